The van der Waals surface area contributed by atoms with E-state index in [9.17, 15) is 13.2 Å². The van der Waals surface area contributed by atoms with E-state index in [4.69, 9.17) is 0 Å². The molecule has 1 aliphatic heterocycles. The van der Waals surface area contributed by atoms with Crippen molar-refractivity contribution in [2.75, 3.05) is 18.6 Å². The monoisotopic (exact) mass is 327 g/mol. The molecule has 0 aromatic heterocycles. The third-order valence-electron chi connectivity index (χ3n) is 3.79. The number of hydrogen-bond acceptors (Lipinski definition) is 4. The van der Waals surface area contributed by atoms with E-state index in [0.29, 0.717) is 6.42 Å². The van der Waals surface area contributed by atoms with Crippen LogP contribution in [0.25, 0.3) is 0 Å². The number of nitrogens with zero attached hydrogens (tertiary/aromatic N) is 1. The Hall–Kier alpha value is -1.01. The van der Waals surface area contributed by atoms with E-state index in [1.165, 1.54) is 5.56 Å². The zero-order valence-electron chi connectivity index (χ0n) is 12.4. The number of carbonyl (C=O) groups is 1. The lowest BCUT2D eigenvalue weighted by Crippen LogP contribution is -2.41. The molecule has 0 aliphatic carbocycles. The van der Waals surface area contributed by atoms with Crippen molar-refractivity contribution in [3.8, 4) is 0 Å². The fraction of sp³-hybridized carbons (Fsp3) is 0.533. The molecular formula is C15H21NO3S2. The smallest absolute Gasteiger partial charge is 0.235 e. The Morgan fingerprint density at radius 1 is 1.38 bits per heavy atom. The number of hydrogen-bond donors (Lipinski definition) is 0. The average molecular weight is 327 g/mol. The highest BCUT2D eigenvalue weighted by atomic mass is 32.2. The molecule has 2 atom stereocenters. The second kappa shape index (κ2) is 6.83. The van der Waals surface area contributed by atoms with Crippen LogP contribution in [0.1, 0.15) is 18.9 Å². The van der Waals surface area contributed by atoms with E-state index >= 15 is 0 Å². The van der Waals surface area contributed by atoms with Gasteiger partial charge in [-0.25, -0.2) is 8.42 Å². The fourth-order valence-electron chi connectivity index (χ4n) is 2.41. The van der Waals surface area contributed by atoms with Crippen LogP contribution in [0.5, 0.6) is 0 Å². The third-order valence-corrected chi connectivity index (χ3v) is 6.75. The number of amides is 1. The summed E-state index contributed by atoms with van der Waals surface area (Å²) in [7, 11) is -1.24. The predicted molar refractivity (Wildman–Crippen MR) is 87.0 cm³/mol. The molecule has 1 heterocycles. The van der Waals surface area contributed by atoms with Crippen LogP contribution in [-0.4, -0.2) is 49.1 Å². The van der Waals surface area contributed by atoms with Gasteiger partial charge in [0.15, 0.2) is 9.84 Å². The molecular weight excluding hydrogens is 306 g/mol. The van der Waals surface area contributed by atoms with Crippen molar-refractivity contribution in [2.45, 2.75) is 30.4 Å². The van der Waals surface area contributed by atoms with Gasteiger partial charge in [0.1, 0.15) is 0 Å². The predicted octanol–water partition coefficient (Wildman–Crippen LogP) is 1.95. The lowest BCUT2D eigenvalue weighted by Gasteiger charge is -2.26. The van der Waals surface area contributed by atoms with E-state index < -0.39 is 9.84 Å². The maximum absolute atomic E-state index is 12.4. The standard InChI is InChI=1S/C15H21NO3S2/c1-12(20-10-13-6-4-3-5-7-13)15(17)16(2)14-8-9-21(18,19)11-14/h3-7,12,14H,8-11H2,1-2H3. The Balaban J connectivity index is 1.87. The van der Waals surface area contributed by atoms with Gasteiger partial charge in [-0.15, -0.1) is 11.8 Å². The number of sulfone groups is 1. The van der Waals surface area contributed by atoms with Crippen molar-refractivity contribution in [2.24, 2.45) is 0 Å². The van der Waals surface area contributed by atoms with Gasteiger partial charge >= 0.3 is 0 Å². The first-order chi connectivity index (χ1) is 9.89. The van der Waals surface area contributed by atoms with Crippen LogP contribution in [0.2, 0.25) is 0 Å². The Kier molecular flexibility index (Phi) is 5.32. The van der Waals surface area contributed by atoms with Crippen LogP contribution in [0.15, 0.2) is 30.3 Å². The van der Waals surface area contributed by atoms with Crippen LogP contribution in [0, 0.1) is 0 Å². The molecule has 1 aliphatic rings. The summed E-state index contributed by atoms with van der Waals surface area (Å²) in [6.45, 7) is 1.88. The molecule has 1 aromatic rings. The van der Waals surface area contributed by atoms with Crippen molar-refractivity contribution in [3.05, 3.63) is 35.9 Å². The molecule has 1 aromatic carbocycles. The van der Waals surface area contributed by atoms with Crippen LogP contribution in [-0.2, 0) is 20.4 Å². The minimum absolute atomic E-state index is 0.0121. The zero-order valence-corrected chi connectivity index (χ0v) is 14.0. The van der Waals surface area contributed by atoms with Crippen molar-refractivity contribution in [1.29, 1.82) is 0 Å². The van der Waals surface area contributed by atoms with Crippen LogP contribution < -0.4 is 0 Å². The minimum Gasteiger partial charge on any atom is -0.341 e. The van der Waals surface area contributed by atoms with Gasteiger partial charge in [0.25, 0.3) is 0 Å². The van der Waals surface area contributed by atoms with Gasteiger partial charge in [0, 0.05) is 18.8 Å². The second-order valence-electron chi connectivity index (χ2n) is 5.44. The van der Waals surface area contributed by atoms with Crippen LogP contribution >= 0.6 is 11.8 Å². The van der Waals surface area contributed by atoms with Gasteiger partial charge in [0.05, 0.1) is 16.8 Å². The topological polar surface area (TPSA) is 54.5 Å². The Morgan fingerprint density at radius 2 is 2.05 bits per heavy atom. The molecule has 21 heavy (non-hydrogen) atoms. The van der Waals surface area contributed by atoms with Crippen molar-refractivity contribution in [3.63, 3.8) is 0 Å². The van der Waals surface area contributed by atoms with Gasteiger partial charge in [-0.1, -0.05) is 30.3 Å². The molecule has 0 saturated carbocycles. The SMILES string of the molecule is CC(SCc1ccccc1)C(=O)N(C)C1CCS(=O)(=O)C1. The molecule has 2 rings (SSSR count). The summed E-state index contributed by atoms with van der Waals surface area (Å²) in [4.78, 5) is 14.0. The summed E-state index contributed by atoms with van der Waals surface area (Å²) in [6.07, 6.45) is 0.556. The maximum Gasteiger partial charge on any atom is 0.235 e. The molecule has 6 heteroatoms. The highest BCUT2D eigenvalue weighted by molar-refractivity contribution is 7.99. The number of benzene rings is 1. The first-order valence-corrected chi connectivity index (χ1v) is 9.89. The summed E-state index contributed by atoms with van der Waals surface area (Å²) in [5.41, 5.74) is 1.19. The van der Waals surface area contributed by atoms with Gasteiger partial charge in [-0.05, 0) is 18.9 Å². The quantitative estimate of drug-likeness (QED) is 0.829. The van der Waals surface area contributed by atoms with E-state index in [2.05, 4.69) is 0 Å². The van der Waals surface area contributed by atoms with Gasteiger partial charge in [0.2, 0.25) is 5.91 Å². The van der Waals surface area contributed by atoms with E-state index in [1.807, 2.05) is 37.3 Å². The van der Waals surface area contributed by atoms with Crippen molar-refractivity contribution < 1.29 is 13.2 Å². The van der Waals surface area contributed by atoms with Gasteiger partial charge in [-0.3, -0.25) is 4.79 Å². The molecule has 1 saturated heterocycles. The maximum atomic E-state index is 12.4. The van der Waals surface area contributed by atoms with Gasteiger partial charge in [-0.2, -0.15) is 0 Å². The van der Waals surface area contributed by atoms with Crippen molar-refractivity contribution >= 4 is 27.5 Å². The number of thioether (sulfide) groups is 1. The Morgan fingerprint density at radius 3 is 2.62 bits per heavy atom. The molecule has 4 nitrogen and oxygen atoms in total. The number of carbonyl (C=O) groups excluding carboxylic acids is 1. The first-order valence-electron chi connectivity index (χ1n) is 7.01. The summed E-state index contributed by atoms with van der Waals surface area (Å²) >= 11 is 1.58. The zero-order chi connectivity index (χ0) is 15.5. The molecule has 0 N–H and O–H groups in total. The summed E-state index contributed by atoms with van der Waals surface area (Å²) in [5, 5.41) is -0.168. The minimum atomic E-state index is -2.96. The molecule has 116 valence electrons. The highest BCUT2D eigenvalue weighted by Crippen LogP contribution is 2.22. The van der Waals surface area contributed by atoms with E-state index in [1.54, 1.807) is 23.7 Å². The average Bonchev–Trinajstić information content (AvgIpc) is 2.84. The summed E-state index contributed by atoms with van der Waals surface area (Å²) < 4.78 is 23.0. The van der Waals surface area contributed by atoms with Gasteiger partial charge < -0.3 is 4.90 Å². The molecule has 2 unspecified atom stereocenters. The molecule has 0 spiro atoms. The normalized spacial score (nSPS) is 21.9. The first kappa shape index (κ1) is 16.4. The van der Waals surface area contributed by atoms with Crippen LogP contribution in [0.4, 0.5) is 0 Å². The lowest BCUT2D eigenvalue weighted by atomic mass is 10.2. The lowest BCUT2D eigenvalue weighted by molar-refractivity contribution is -0.130. The van der Waals surface area contributed by atoms with Crippen LogP contribution in [0.3, 0.4) is 0 Å². The van der Waals surface area contributed by atoms with E-state index in [-0.39, 0.29) is 28.7 Å². The largest absolute Gasteiger partial charge is 0.341 e. The summed E-state index contributed by atoms with van der Waals surface area (Å²) in [6, 6.07) is 9.85. The summed E-state index contributed by atoms with van der Waals surface area (Å²) in [5.74, 6) is 1.09. The second-order valence-corrected chi connectivity index (χ2v) is 9.00. The Labute approximate surface area is 130 Å². The number of rotatable bonds is 5. The van der Waals surface area contributed by atoms with E-state index in [0.717, 1.165) is 5.75 Å². The fourth-order valence-corrected chi connectivity index (χ4v) is 5.13. The molecule has 1 fully saturated rings. The molecule has 1 amide bonds. The van der Waals surface area contributed by atoms with Crippen molar-refractivity contribution in [1.82, 2.24) is 4.90 Å². The Bertz CT molecular complexity index is 586. The molecule has 0 bridgehead atoms. The molecule has 0 radical (unpaired) electrons. The highest BCUT2D eigenvalue weighted by Gasteiger charge is 2.34. The third kappa shape index (κ3) is 4.48.